The Kier molecular flexibility index (Phi) is 23.2. The molecule has 0 aromatic heterocycles. The van der Waals surface area contributed by atoms with Crippen LogP contribution in [0.5, 0.6) is 0 Å². The number of hydrogen-bond acceptors (Lipinski definition) is 4. The second-order valence-corrected chi connectivity index (χ2v) is 10.4. The number of rotatable bonds is 24. The first-order valence-electron chi connectivity index (χ1n) is 13.0. The van der Waals surface area contributed by atoms with Crippen LogP contribution in [0.1, 0.15) is 129 Å². The Hall–Kier alpha value is -0.0100. The molecule has 0 aliphatic heterocycles. The molecule has 5 nitrogen and oxygen atoms in total. The molecule has 0 amide bonds. The highest BCUT2D eigenvalue weighted by atomic mass is 32.2. The fourth-order valence-electron chi connectivity index (χ4n) is 4.14. The maximum atomic E-state index is 12.0. The number of aliphatic hydroxyl groups is 2. The molecule has 188 valence electrons. The average molecular weight is 465 g/mol. The summed E-state index contributed by atoms with van der Waals surface area (Å²) in [4.78, 5) is 0. The molecule has 0 saturated heterocycles. The van der Waals surface area contributed by atoms with Gasteiger partial charge in [-0.05, 0) is 25.2 Å². The van der Waals surface area contributed by atoms with Gasteiger partial charge in [0, 0.05) is 13.0 Å². The molecule has 0 spiro atoms. The van der Waals surface area contributed by atoms with Gasteiger partial charge in [-0.15, -0.1) is 0 Å². The third-order valence-electron chi connectivity index (χ3n) is 6.17. The molecule has 31 heavy (non-hydrogen) atoms. The predicted octanol–water partition coefficient (Wildman–Crippen LogP) is 6.58. The summed E-state index contributed by atoms with van der Waals surface area (Å²) in [5, 5.41) is 17.7. The average Bonchev–Trinajstić information content (AvgIpc) is 2.73. The second-order valence-electron chi connectivity index (χ2n) is 9.14. The molecule has 3 atom stereocenters. The Morgan fingerprint density at radius 3 is 1.68 bits per heavy atom. The van der Waals surface area contributed by atoms with Crippen molar-refractivity contribution >= 4 is 11.1 Å². The Labute approximate surface area is 195 Å². The third kappa shape index (κ3) is 21.6. The molecule has 0 saturated carbocycles. The van der Waals surface area contributed by atoms with E-state index in [0.29, 0.717) is 19.1 Å². The minimum absolute atomic E-state index is 0.139. The van der Waals surface area contributed by atoms with E-state index >= 15 is 0 Å². The molecule has 0 radical (unpaired) electrons. The van der Waals surface area contributed by atoms with Crippen molar-refractivity contribution in [3.8, 4) is 0 Å². The zero-order chi connectivity index (χ0) is 23.2. The highest BCUT2D eigenvalue weighted by molar-refractivity contribution is 7.79. The second kappa shape index (κ2) is 23.2. The van der Waals surface area contributed by atoms with Gasteiger partial charge in [-0.25, -0.2) is 4.21 Å². The molecule has 0 aliphatic rings. The predicted molar refractivity (Wildman–Crippen MR) is 132 cm³/mol. The summed E-state index contributed by atoms with van der Waals surface area (Å²) in [5.41, 5.74) is 0. The third-order valence-corrected chi connectivity index (χ3v) is 7.17. The van der Waals surface area contributed by atoms with Crippen molar-refractivity contribution in [2.45, 2.75) is 141 Å². The Morgan fingerprint density at radius 1 is 0.677 bits per heavy atom. The molecule has 0 aromatic rings. The van der Waals surface area contributed by atoms with Gasteiger partial charge in [0.05, 0.1) is 11.9 Å². The van der Waals surface area contributed by atoms with Gasteiger partial charge >= 0.3 is 0 Å². The quantitative estimate of drug-likeness (QED) is 0.0853. The molecule has 0 aromatic carbocycles. The van der Waals surface area contributed by atoms with Crippen LogP contribution in [0.25, 0.3) is 0 Å². The first-order chi connectivity index (χ1) is 15.0. The van der Waals surface area contributed by atoms with E-state index in [0.717, 1.165) is 38.5 Å². The zero-order valence-corrected chi connectivity index (χ0v) is 21.3. The van der Waals surface area contributed by atoms with Crippen molar-refractivity contribution in [2.75, 3.05) is 13.2 Å². The summed E-state index contributed by atoms with van der Waals surface area (Å²) in [7, 11) is 0. The van der Waals surface area contributed by atoms with Gasteiger partial charge in [0.15, 0.2) is 17.4 Å². The van der Waals surface area contributed by atoms with Crippen LogP contribution in [0.4, 0.5) is 0 Å². The van der Waals surface area contributed by atoms with E-state index in [1.165, 1.54) is 70.6 Å². The van der Waals surface area contributed by atoms with Crippen molar-refractivity contribution in [1.82, 2.24) is 0 Å². The fraction of sp³-hybridized carbons (Fsp3) is 1.00. The van der Waals surface area contributed by atoms with Crippen LogP contribution in [0.15, 0.2) is 0 Å². The lowest BCUT2D eigenvalue weighted by atomic mass is 9.91. The molecule has 0 heterocycles. The number of aliphatic hydroxyl groups excluding tert-OH is 1. The maximum absolute atomic E-state index is 12.0. The normalized spacial score (nSPS) is 14.8. The molecule has 6 heteroatoms. The van der Waals surface area contributed by atoms with Crippen LogP contribution in [0.3, 0.4) is 0 Å². The highest BCUT2D eigenvalue weighted by Gasteiger charge is 2.21. The lowest BCUT2D eigenvalue weighted by Gasteiger charge is -2.22. The SMILES string of the molecule is CCCCCCCCCC(CC(CCCCCCCC)CCOCCC(O)O)S(=O)O. The van der Waals surface area contributed by atoms with E-state index in [2.05, 4.69) is 13.8 Å². The van der Waals surface area contributed by atoms with Crippen LogP contribution in [-0.4, -0.2) is 43.7 Å². The van der Waals surface area contributed by atoms with Crippen molar-refractivity contribution in [1.29, 1.82) is 0 Å². The van der Waals surface area contributed by atoms with Crippen LogP contribution < -0.4 is 0 Å². The molecule has 0 bridgehead atoms. The van der Waals surface area contributed by atoms with E-state index in [1.54, 1.807) is 0 Å². The van der Waals surface area contributed by atoms with Crippen LogP contribution in [0.2, 0.25) is 0 Å². The summed E-state index contributed by atoms with van der Waals surface area (Å²) >= 11 is -1.77. The van der Waals surface area contributed by atoms with Crippen molar-refractivity contribution in [3.63, 3.8) is 0 Å². The van der Waals surface area contributed by atoms with Gasteiger partial charge in [0.2, 0.25) is 0 Å². The van der Waals surface area contributed by atoms with Crippen molar-refractivity contribution < 1.29 is 23.7 Å². The molecule has 0 rings (SSSR count). The van der Waals surface area contributed by atoms with Crippen LogP contribution in [0, 0.1) is 5.92 Å². The van der Waals surface area contributed by atoms with E-state index in [-0.39, 0.29) is 11.7 Å². The smallest absolute Gasteiger partial charge is 0.155 e. The van der Waals surface area contributed by atoms with Crippen LogP contribution in [-0.2, 0) is 15.8 Å². The summed E-state index contributed by atoms with van der Waals surface area (Å²) in [6.45, 7) is 5.38. The number of ether oxygens (including phenoxy) is 1. The number of unbranched alkanes of at least 4 members (excludes halogenated alkanes) is 11. The van der Waals surface area contributed by atoms with Crippen LogP contribution >= 0.6 is 0 Å². The van der Waals surface area contributed by atoms with E-state index in [9.17, 15) is 8.76 Å². The summed E-state index contributed by atoms with van der Waals surface area (Å²) in [6.07, 6.45) is 18.6. The Bertz CT molecular complexity index is 392. The largest absolute Gasteiger partial charge is 0.381 e. The molecule has 0 aliphatic carbocycles. The molecule has 3 unspecified atom stereocenters. The van der Waals surface area contributed by atoms with Gasteiger partial charge in [-0.1, -0.05) is 104 Å². The first-order valence-corrected chi connectivity index (χ1v) is 14.2. The van der Waals surface area contributed by atoms with E-state index < -0.39 is 17.4 Å². The number of hydrogen-bond donors (Lipinski definition) is 3. The Morgan fingerprint density at radius 2 is 1.16 bits per heavy atom. The molecule has 0 fully saturated rings. The first kappa shape index (κ1) is 31.0. The molecular formula is C25H52O5S. The minimum Gasteiger partial charge on any atom is -0.381 e. The highest BCUT2D eigenvalue weighted by Crippen LogP contribution is 2.25. The summed E-state index contributed by atoms with van der Waals surface area (Å²) in [6, 6.07) is 0. The lowest BCUT2D eigenvalue weighted by Crippen LogP contribution is -2.21. The van der Waals surface area contributed by atoms with E-state index in [4.69, 9.17) is 14.9 Å². The monoisotopic (exact) mass is 464 g/mol. The van der Waals surface area contributed by atoms with Gasteiger partial charge in [-0.3, -0.25) is 0 Å². The summed E-state index contributed by atoms with van der Waals surface area (Å²) < 4.78 is 27.4. The Balaban J connectivity index is 4.35. The minimum atomic E-state index is -1.77. The van der Waals surface area contributed by atoms with Crippen molar-refractivity contribution in [2.24, 2.45) is 5.92 Å². The van der Waals surface area contributed by atoms with Gasteiger partial charge in [0.25, 0.3) is 0 Å². The molecular weight excluding hydrogens is 412 g/mol. The summed E-state index contributed by atoms with van der Waals surface area (Å²) in [5.74, 6) is 0.399. The topological polar surface area (TPSA) is 87.0 Å². The zero-order valence-electron chi connectivity index (χ0n) is 20.4. The van der Waals surface area contributed by atoms with Gasteiger partial charge < -0.3 is 19.5 Å². The van der Waals surface area contributed by atoms with E-state index in [1.807, 2.05) is 0 Å². The lowest BCUT2D eigenvalue weighted by molar-refractivity contribution is -0.0616. The fourth-order valence-corrected chi connectivity index (χ4v) is 4.94. The maximum Gasteiger partial charge on any atom is 0.155 e. The van der Waals surface area contributed by atoms with Gasteiger partial charge in [-0.2, -0.15) is 0 Å². The van der Waals surface area contributed by atoms with Gasteiger partial charge in [0.1, 0.15) is 0 Å². The molecule has 3 N–H and O–H groups in total. The standard InChI is InChI=1S/C25H52O5S/c1-3-5-7-9-11-13-15-17-24(31(28)29)22-23(16-14-12-10-8-6-4-2)18-20-30-21-19-25(26)27/h23-27H,3-22H2,1-2H3,(H,28,29). The van der Waals surface area contributed by atoms with Crippen molar-refractivity contribution in [3.05, 3.63) is 0 Å².